The Hall–Kier alpha value is 4.94. The van der Waals surface area contributed by atoms with E-state index < -0.39 is 11.9 Å². The molecule has 0 aliphatic carbocycles. The molecular weight excluding hydrogens is 250 g/mol. The first-order chi connectivity index (χ1) is 3.46. The predicted molar refractivity (Wildman–Crippen MR) is 33.3 cm³/mol. The molecule has 0 aromatic carbocycles. The van der Waals surface area contributed by atoms with Gasteiger partial charge in [-0.3, -0.25) is 9.59 Å². The second-order valence-electron chi connectivity index (χ2n) is 1.04. The van der Waals surface area contributed by atoms with Gasteiger partial charge in [0.25, 0.3) is 11.9 Å². The van der Waals surface area contributed by atoms with Crippen LogP contribution < -0.4 is 177 Å². The zero-order valence-corrected chi connectivity index (χ0v) is 22.7. The molecule has 0 aromatic rings. The van der Waals surface area contributed by atoms with Crippen molar-refractivity contribution in [1.29, 1.82) is 0 Å². The Kier molecular flexibility index (Phi) is 156. The molecule has 0 unspecified atom stereocenters. The first kappa shape index (κ1) is 50.9. The fourth-order valence-corrected chi connectivity index (χ4v) is 0. The van der Waals surface area contributed by atoms with Crippen molar-refractivity contribution in [2.24, 2.45) is 0 Å². The third-order valence-corrected chi connectivity index (χ3v) is 0. The summed E-state index contributed by atoms with van der Waals surface area (Å²) in [6.45, 7) is 2.17. The predicted octanol–water partition coefficient (Wildman–Crippen LogP) is -17.1. The quantitative estimate of drug-likeness (QED) is 0.426. The summed E-state index contributed by atoms with van der Waals surface area (Å²) in [6, 6.07) is 0. The average molecular weight is 264 g/mol. The first-order valence-electron chi connectivity index (χ1n) is 1.86. The van der Waals surface area contributed by atoms with Crippen molar-refractivity contribution in [3.05, 3.63) is 0 Å². The summed E-state index contributed by atoms with van der Waals surface area (Å²) in [6.07, 6.45) is 0. The Labute approximate surface area is 226 Å². The standard InChI is InChI=1S/2C2H4O2.6Na.6H/c2*1-2(3)4;;;;;;;;;;;;/h2*1H3,(H,3,4);;;;;;;;;;;;/q;;6*+1;6*-1. The monoisotopic (exact) mass is 264 g/mol. The number of hydrogen-bond acceptors (Lipinski definition) is 2. The number of hydrogen-bond donors (Lipinski definition) is 2. The Morgan fingerprint density at radius 3 is 0.714 bits per heavy atom. The largest absolute Gasteiger partial charge is 1.00 e. The summed E-state index contributed by atoms with van der Waals surface area (Å²) in [5.41, 5.74) is 0. The van der Waals surface area contributed by atoms with Gasteiger partial charge in [-0.15, -0.1) is 0 Å². The van der Waals surface area contributed by atoms with Crippen LogP contribution in [0.4, 0.5) is 0 Å². The average Bonchev–Trinajstić information content (AvgIpc) is 1.25. The van der Waals surface area contributed by atoms with E-state index in [1.807, 2.05) is 0 Å². The van der Waals surface area contributed by atoms with E-state index in [0.717, 1.165) is 13.8 Å². The third kappa shape index (κ3) is 176. The maximum Gasteiger partial charge on any atom is 1.00 e. The number of carbonyl (C=O) groups is 2. The zero-order chi connectivity index (χ0) is 7.15. The van der Waals surface area contributed by atoms with Crippen LogP contribution in [-0.4, -0.2) is 22.2 Å². The van der Waals surface area contributed by atoms with E-state index in [1.54, 1.807) is 0 Å². The zero-order valence-electron chi connectivity index (χ0n) is 16.7. The Bertz CT molecular complexity index is 97.5. The molecule has 0 atom stereocenters. The van der Waals surface area contributed by atoms with Gasteiger partial charge in [0.2, 0.25) is 0 Å². The molecule has 0 heterocycles. The van der Waals surface area contributed by atoms with Crippen LogP contribution in [0, 0.1) is 0 Å². The second-order valence-corrected chi connectivity index (χ2v) is 1.04. The van der Waals surface area contributed by atoms with Gasteiger partial charge in [-0.2, -0.15) is 0 Å². The van der Waals surface area contributed by atoms with Crippen LogP contribution in [0.5, 0.6) is 0 Å². The van der Waals surface area contributed by atoms with Gasteiger partial charge >= 0.3 is 177 Å². The van der Waals surface area contributed by atoms with Crippen molar-refractivity contribution in [2.75, 3.05) is 0 Å². The molecule has 2 N–H and O–H groups in total. The van der Waals surface area contributed by atoms with Crippen LogP contribution in [0.25, 0.3) is 0 Å². The van der Waals surface area contributed by atoms with Gasteiger partial charge in [-0.05, 0) is 0 Å². The molecule has 0 aliphatic rings. The van der Waals surface area contributed by atoms with Crippen LogP contribution in [0.15, 0.2) is 0 Å². The van der Waals surface area contributed by atoms with E-state index in [9.17, 15) is 0 Å². The van der Waals surface area contributed by atoms with Crippen LogP contribution in [0.2, 0.25) is 0 Å². The minimum Gasteiger partial charge on any atom is -1.00 e. The number of carboxylic acids is 2. The molecule has 0 bridgehead atoms. The topological polar surface area (TPSA) is 74.6 Å². The van der Waals surface area contributed by atoms with Crippen LogP contribution >= 0.6 is 0 Å². The molecule has 0 amide bonds. The Balaban J connectivity index is -0.00000000187. The van der Waals surface area contributed by atoms with Crippen molar-refractivity contribution in [3.63, 3.8) is 0 Å². The minimum absolute atomic E-state index is 0. The number of rotatable bonds is 0. The van der Waals surface area contributed by atoms with E-state index in [-0.39, 0.29) is 186 Å². The van der Waals surface area contributed by atoms with E-state index >= 15 is 0 Å². The van der Waals surface area contributed by atoms with Gasteiger partial charge in [0.15, 0.2) is 0 Å². The van der Waals surface area contributed by atoms with E-state index in [4.69, 9.17) is 19.8 Å². The normalized spacial score (nSPS) is 3.57. The smallest absolute Gasteiger partial charge is 1.00 e. The first-order valence-corrected chi connectivity index (χ1v) is 1.86. The number of aliphatic carboxylic acids is 2. The summed E-state index contributed by atoms with van der Waals surface area (Å²) in [5.74, 6) is -1.67. The van der Waals surface area contributed by atoms with Gasteiger partial charge in [-0.1, -0.05) is 0 Å². The molecule has 14 heavy (non-hydrogen) atoms. The van der Waals surface area contributed by atoms with Crippen molar-refractivity contribution < 1.29 is 206 Å². The van der Waals surface area contributed by atoms with Crippen LogP contribution in [0.3, 0.4) is 0 Å². The summed E-state index contributed by atoms with van der Waals surface area (Å²) < 4.78 is 0. The van der Waals surface area contributed by atoms with Crippen molar-refractivity contribution in [3.8, 4) is 0 Å². The van der Waals surface area contributed by atoms with Crippen LogP contribution in [0.1, 0.15) is 22.4 Å². The molecule has 0 aromatic heterocycles. The van der Waals surface area contributed by atoms with Crippen molar-refractivity contribution in [1.82, 2.24) is 0 Å². The molecule has 0 rings (SSSR count). The van der Waals surface area contributed by atoms with Crippen molar-refractivity contribution in [2.45, 2.75) is 13.8 Å². The van der Waals surface area contributed by atoms with Gasteiger partial charge in [0, 0.05) is 13.8 Å². The van der Waals surface area contributed by atoms with E-state index in [1.165, 1.54) is 0 Å². The maximum absolute atomic E-state index is 9.00. The summed E-state index contributed by atoms with van der Waals surface area (Å²) in [5, 5.41) is 14.8. The molecule has 0 saturated carbocycles. The van der Waals surface area contributed by atoms with Gasteiger partial charge in [0.1, 0.15) is 0 Å². The van der Waals surface area contributed by atoms with E-state index in [0.29, 0.717) is 0 Å². The molecular formula is C4H14Na6O4. The second kappa shape index (κ2) is 43.0. The molecule has 0 saturated heterocycles. The third-order valence-electron chi connectivity index (χ3n) is 0. The van der Waals surface area contributed by atoms with Gasteiger partial charge in [-0.25, -0.2) is 0 Å². The van der Waals surface area contributed by atoms with Gasteiger partial charge < -0.3 is 18.8 Å². The summed E-state index contributed by atoms with van der Waals surface area (Å²) in [7, 11) is 0. The summed E-state index contributed by atoms with van der Waals surface area (Å²) >= 11 is 0. The molecule has 0 radical (unpaired) electrons. The minimum atomic E-state index is -0.833. The Morgan fingerprint density at radius 2 is 0.714 bits per heavy atom. The molecule has 10 heteroatoms. The molecule has 0 aliphatic heterocycles. The molecule has 60 valence electrons. The Morgan fingerprint density at radius 1 is 0.714 bits per heavy atom. The van der Waals surface area contributed by atoms with Gasteiger partial charge in [0.05, 0.1) is 0 Å². The van der Waals surface area contributed by atoms with Crippen LogP contribution in [-0.2, 0) is 9.59 Å². The fraction of sp³-hybridized carbons (Fsp3) is 0.500. The molecule has 0 spiro atoms. The maximum atomic E-state index is 9.00. The molecule has 4 nitrogen and oxygen atoms in total. The summed E-state index contributed by atoms with van der Waals surface area (Å²) in [4.78, 5) is 18.0. The SMILES string of the molecule is CC(=O)O.CC(=O)O.[H-].[H-].[H-].[H-].[H-].[H-].[Na+].[Na+].[Na+].[Na+].[Na+].[Na+]. The van der Waals surface area contributed by atoms with E-state index in [2.05, 4.69) is 0 Å². The molecule has 0 fully saturated rings. The number of carboxylic acid groups (broad SMARTS) is 2. The van der Waals surface area contributed by atoms with Crippen molar-refractivity contribution >= 4 is 11.9 Å². The fourth-order valence-electron chi connectivity index (χ4n) is 0.